The van der Waals surface area contributed by atoms with Crippen LogP contribution in [-0.2, 0) is 13.6 Å². The smallest absolute Gasteiger partial charge is 0.335 e. The van der Waals surface area contributed by atoms with Gasteiger partial charge in [0.1, 0.15) is 0 Å². The van der Waals surface area contributed by atoms with E-state index in [1.807, 2.05) is 17.7 Å². The maximum absolute atomic E-state index is 11.0. The van der Waals surface area contributed by atoms with Gasteiger partial charge in [-0.15, -0.1) is 0 Å². The monoisotopic (exact) mass is 272 g/mol. The molecule has 20 heavy (non-hydrogen) atoms. The van der Waals surface area contributed by atoms with Crippen molar-refractivity contribution in [3.8, 4) is 0 Å². The first-order valence-electron chi connectivity index (χ1n) is 7.20. The number of carbonyl (C=O) groups is 1. The minimum absolute atomic E-state index is 0.342. The van der Waals surface area contributed by atoms with E-state index in [2.05, 4.69) is 11.5 Å². The molecule has 1 aliphatic carbocycles. The van der Waals surface area contributed by atoms with Gasteiger partial charge < -0.3 is 15.0 Å². The Bertz CT molecular complexity index is 639. The topological polar surface area (TPSA) is 54.3 Å². The van der Waals surface area contributed by atoms with Crippen LogP contribution < -0.4 is 5.32 Å². The summed E-state index contributed by atoms with van der Waals surface area (Å²) >= 11 is 0. The first-order valence-corrected chi connectivity index (χ1v) is 7.20. The van der Waals surface area contributed by atoms with Crippen molar-refractivity contribution < 1.29 is 9.90 Å². The van der Waals surface area contributed by atoms with Crippen molar-refractivity contribution in [1.29, 1.82) is 0 Å². The highest BCUT2D eigenvalue weighted by atomic mass is 16.4. The van der Waals surface area contributed by atoms with Crippen molar-refractivity contribution in [1.82, 2.24) is 9.88 Å². The Morgan fingerprint density at radius 1 is 1.40 bits per heavy atom. The van der Waals surface area contributed by atoms with Crippen LogP contribution in [0.5, 0.6) is 0 Å². The highest BCUT2D eigenvalue weighted by molar-refractivity contribution is 5.94. The van der Waals surface area contributed by atoms with Crippen molar-refractivity contribution in [2.45, 2.75) is 38.3 Å². The SMILES string of the molecule is Cn1cc(CNC2CCCC2)c2ccc(C(=O)O)cc21. The fourth-order valence-electron chi connectivity index (χ4n) is 3.13. The number of aromatic carboxylic acids is 1. The molecular weight excluding hydrogens is 252 g/mol. The molecule has 1 heterocycles. The molecule has 4 heteroatoms. The van der Waals surface area contributed by atoms with Gasteiger partial charge >= 0.3 is 5.97 Å². The third-order valence-electron chi connectivity index (χ3n) is 4.26. The predicted molar refractivity (Wildman–Crippen MR) is 79.0 cm³/mol. The fraction of sp³-hybridized carbons (Fsp3) is 0.438. The molecule has 0 bridgehead atoms. The summed E-state index contributed by atoms with van der Waals surface area (Å²) in [4.78, 5) is 11.0. The Kier molecular flexibility index (Phi) is 3.49. The van der Waals surface area contributed by atoms with Gasteiger partial charge in [-0.2, -0.15) is 0 Å². The van der Waals surface area contributed by atoms with Gasteiger partial charge in [0, 0.05) is 36.7 Å². The number of hydrogen-bond acceptors (Lipinski definition) is 2. The maximum atomic E-state index is 11.0. The standard InChI is InChI=1S/C16H20N2O2/c1-18-10-12(9-17-13-4-2-3-5-13)14-7-6-11(16(19)20)8-15(14)18/h6-8,10,13,17H,2-5,9H2,1H3,(H,19,20). The molecule has 1 saturated carbocycles. The van der Waals surface area contributed by atoms with Crippen LogP contribution in [0.2, 0.25) is 0 Å². The van der Waals surface area contributed by atoms with E-state index in [-0.39, 0.29) is 0 Å². The molecule has 4 nitrogen and oxygen atoms in total. The molecule has 0 amide bonds. The molecule has 0 aliphatic heterocycles. The molecule has 0 unspecified atom stereocenters. The summed E-state index contributed by atoms with van der Waals surface area (Å²) in [7, 11) is 1.97. The predicted octanol–water partition coefficient (Wildman–Crippen LogP) is 2.91. The molecule has 0 atom stereocenters. The van der Waals surface area contributed by atoms with E-state index in [1.165, 1.54) is 31.2 Å². The van der Waals surface area contributed by atoms with Crippen LogP contribution in [0.3, 0.4) is 0 Å². The van der Waals surface area contributed by atoms with Gasteiger partial charge in [0.2, 0.25) is 0 Å². The van der Waals surface area contributed by atoms with Crippen LogP contribution in [0.4, 0.5) is 0 Å². The second kappa shape index (κ2) is 5.29. The normalized spacial score (nSPS) is 16.1. The summed E-state index contributed by atoms with van der Waals surface area (Å²) in [5.74, 6) is -0.876. The lowest BCUT2D eigenvalue weighted by molar-refractivity contribution is 0.0697. The third-order valence-corrected chi connectivity index (χ3v) is 4.26. The second-order valence-corrected chi connectivity index (χ2v) is 5.66. The first kappa shape index (κ1) is 13.2. The van der Waals surface area contributed by atoms with Crippen LogP contribution in [-0.4, -0.2) is 21.7 Å². The molecule has 2 N–H and O–H groups in total. The average Bonchev–Trinajstić information content (AvgIpc) is 3.05. The lowest BCUT2D eigenvalue weighted by Gasteiger charge is -2.10. The minimum atomic E-state index is -0.876. The number of carboxylic acid groups (broad SMARTS) is 1. The first-order chi connectivity index (χ1) is 9.65. The molecule has 0 saturated heterocycles. The summed E-state index contributed by atoms with van der Waals surface area (Å²) in [5.41, 5.74) is 2.56. The van der Waals surface area contributed by atoms with Crippen LogP contribution in [0.1, 0.15) is 41.6 Å². The van der Waals surface area contributed by atoms with E-state index in [1.54, 1.807) is 12.1 Å². The zero-order chi connectivity index (χ0) is 14.1. The molecule has 3 rings (SSSR count). The summed E-state index contributed by atoms with van der Waals surface area (Å²) in [6, 6.07) is 5.99. The van der Waals surface area contributed by atoms with Gasteiger partial charge in [0.25, 0.3) is 0 Å². The molecule has 0 radical (unpaired) electrons. The van der Waals surface area contributed by atoms with Gasteiger partial charge in [-0.05, 0) is 30.5 Å². The molecule has 106 valence electrons. The van der Waals surface area contributed by atoms with E-state index in [0.29, 0.717) is 11.6 Å². The number of fused-ring (bicyclic) bond motifs is 1. The van der Waals surface area contributed by atoms with Gasteiger partial charge in [-0.3, -0.25) is 0 Å². The van der Waals surface area contributed by atoms with Gasteiger partial charge in [0.05, 0.1) is 5.56 Å². The molecule has 1 aromatic heterocycles. The number of rotatable bonds is 4. The Morgan fingerprint density at radius 2 is 2.15 bits per heavy atom. The van der Waals surface area contributed by atoms with Gasteiger partial charge in [-0.25, -0.2) is 4.79 Å². The fourth-order valence-corrected chi connectivity index (χ4v) is 3.13. The number of nitrogens with zero attached hydrogens (tertiary/aromatic N) is 1. The lowest BCUT2D eigenvalue weighted by atomic mass is 10.1. The lowest BCUT2D eigenvalue weighted by Crippen LogP contribution is -2.25. The molecule has 0 spiro atoms. The zero-order valence-corrected chi connectivity index (χ0v) is 11.7. The summed E-state index contributed by atoms with van der Waals surface area (Å²) < 4.78 is 2.01. The Morgan fingerprint density at radius 3 is 2.85 bits per heavy atom. The number of aryl methyl sites for hydroxylation is 1. The van der Waals surface area contributed by atoms with E-state index >= 15 is 0 Å². The highest BCUT2D eigenvalue weighted by Gasteiger charge is 2.15. The number of carboxylic acids is 1. The quantitative estimate of drug-likeness (QED) is 0.899. The van der Waals surface area contributed by atoms with Crippen LogP contribution >= 0.6 is 0 Å². The Balaban J connectivity index is 1.85. The van der Waals surface area contributed by atoms with E-state index in [9.17, 15) is 4.79 Å². The number of nitrogens with one attached hydrogen (secondary N) is 1. The highest BCUT2D eigenvalue weighted by Crippen LogP contribution is 2.23. The zero-order valence-electron chi connectivity index (χ0n) is 11.7. The van der Waals surface area contributed by atoms with E-state index in [4.69, 9.17) is 5.11 Å². The Labute approximate surface area is 118 Å². The molecule has 2 aromatic rings. The summed E-state index contributed by atoms with van der Waals surface area (Å²) in [5, 5.41) is 13.8. The Hall–Kier alpha value is -1.81. The van der Waals surface area contributed by atoms with Crippen LogP contribution in [0, 0.1) is 0 Å². The van der Waals surface area contributed by atoms with Gasteiger partial charge in [-0.1, -0.05) is 18.9 Å². The molecule has 1 aromatic carbocycles. The van der Waals surface area contributed by atoms with Crippen LogP contribution in [0.15, 0.2) is 24.4 Å². The maximum Gasteiger partial charge on any atom is 0.335 e. The molecule has 1 fully saturated rings. The van der Waals surface area contributed by atoms with Crippen molar-refractivity contribution >= 4 is 16.9 Å². The average molecular weight is 272 g/mol. The summed E-state index contributed by atoms with van der Waals surface area (Å²) in [6.45, 7) is 0.856. The van der Waals surface area contributed by atoms with Crippen molar-refractivity contribution in [2.75, 3.05) is 0 Å². The van der Waals surface area contributed by atoms with E-state index < -0.39 is 5.97 Å². The number of hydrogen-bond donors (Lipinski definition) is 2. The van der Waals surface area contributed by atoms with Gasteiger partial charge in [0.15, 0.2) is 0 Å². The van der Waals surface area contributed by atoms with Crippen LogP contribution in [0.25, 0.3) is 10.9 Å². The van der Waals surface area contributed by atoms with E-state index in [0.717, 1.165) is 17.4 Å². The number of aromatic nitrogens is 1. The van der Waals surface area contributed by atoms with Crippen molar-refractivity contribution in [2.24, 2.45) is 7.05 Å². The molecule has 1 aliphatic rings. The summed E-state index contributed by atoms with van der Waals surface area (Å²) in [6.07, 6.45) is 7.30. The molecular formula is C16H20N2O2. The third kappa shape index (κ3) is 2.43. The minimum Gasteiger partial charge on any atom is -0.478 e. The van der Waals surface area contributed by atoms with Crippen molar-refractivity contribution in [3.63, 3.8) is 0 Å². The number of benzene rings is 1. The largest absolute Gasteiger partial charge is 0.478 e. The van der Waals surface area contributed by atoms with Crippen molar-refractivity contribution in [3.05, 3.63) is 35.5 Å². The second-order valence-electron chi connectivity index (χ2n) is 5.66.